The van der Waals surface area contributed by atoms with Gasteiger partial charge in [-0.3, -0.25) is 9.59 Å². The van der Waals surface area contributed by atoms with Crippen LogP contribution in [0, 0.1) is 0 Å². The summed E-state index contributed by atoms with van der Waals surface area (Å²) in [7, 11) is 0. The summed E-state index contributed by atoms with van der Waals surface area (Å²) in [6.45, 7) is 1.44. The quantitative estimate of drug-likeness (QED) is 0.781. The SMILES string of the molecule is CCCC(NC(=O)Cc1ccccc1)C(=O)N1CCC(F)(C(=O)O)C1. The second-order valence-electron chi connectivity index (χ2n) is 6.35. The van der Waals surface area contributed by atoms with Crippen molar-refractivity contribution in [1.29, 1.82) is 0 Å². The molecule has 1 aliphatic heterocycles. The maximum absolute atomic E-state index is 14.2. The average Bonchev–Trinajstić information content (AvgIpc) is 2.98. The number of carbonyl (C=O) groups is 3. The first-order valence-electron chi connectivity index (χ1n) is 8.40. The Bertz CT molecular complexity index is 637. The van der Waals surface area contributed by atoms with Crippen LogP contribution in [0.2, 0.25) is 0 Å². The van der Waals surface area contributed by atoms with Crippen LogP contribution in [0.5, 0.6) is 0 Å². The molecular formula is C18H23FN2O4. The van der Waals surface area contributed by atoms with Crippen LogP contribution in [0.25, 0.3) is 0 Å². The predicted molar refractivity (Wildman–Crippen MR) is 89.7 cm³/mol. The van der Waals surface area contributed by atoms with Crippen LogP contribution in [0.3, 0.4) is 0 Å². The number of hydrogen-bond acceptors (Lipinski definition) is 3. The van der Waals surface area contributed by atoms with Gasteiger partial charge in [0.25, 0.3) is 0 Å². The number of amides is 2. The van der Waals surface area contributed by atoms with Crippen molar-refractivity contribution >= 4 is 17.8 Å². The fourth-order valence-electron chi connectivity index (χ4n) is 2.93. The van der Waals surface area contributed by atoms with E-state index in [0.29, 0.717) is 12.8 Å². The van der Waals surface area contributed by atoms with E-state index in [1.165, 1.54) is 4.90 Å². The fraction of sp³-hybridized carbons (Fsp3) is 0.500. The van der Waals surface area contributed by atoms with Crippen molar-refractivity contribution in [2.45, 2.75) is 44.3 Å². The second-order valence-corrected chi connectivity index (χ2v) is 6.35. The molecule has 2 N–H and O–H groups in total. The molecule has 0 aromatic heterocycles. The Morgan fingerprint density at radius 1 is 1.32 bits per heavy atom. The highest BCUT2D eigenvalue weighted by molar-refractivity contribution is 5.89. The van der Waals surface area contributed by atoms with Crippen molar-refractivity contribution in [1.82, 2.24) is 10.2 Å². The molecule has 0 bridgehead atoms. The molecule has 7 heteroatoms. The smallest absolute Gasteiger partial charge is 0.343 e. The molecule has 1 aromatic carbocycles. The number of carboxylic acids is 1. The second kappa shape index (κ2) is 8.09. The zero-order chi connectivity index (χ0) is 18.4. The van der Waals surface area contributed by atoms with Crippen molar-refractivity contribution in [2.24, 2.45) is 0 Å². The van der Waals surface area contributed by atoms with E-state index in [1.807, 2.05) is 37.3 Å². The Hall–Kier alpha value is -2.44. The van der Waals surface area contributed by atoms with Crippen LogP contribution in [-0.2, 0) is 20.8 Å². The van der Waals surface area contributed by atoms with E-state index < -0.39 is 30.1 Å². The van der Waals surface area contributed by atoms with Crippen LogP contribution in [0.1, 0.15) is 31.7 Å². The van der Waals surface area contributed by atoms with Gasteiger partial charge in [-0.05, 0) is 12.0 Å². The highest BCUT2D eigenvalue weighted by atomic mass is 19.1. The molecule has 1 saturated heterocycles. The molecule has 1 aliphatic rings. The molecule has 136 valence electrons. The van der Waals surface area contributed by atoms with Crippen molar-refractivity contribution in [3.8, 4) is 0 Å². The van der Waals surface area contributed by atoms with Gasteiger partial charge >= 0.3 is 5.97 Å². The molecule has 2 atom stereocenters. The number of carbonyl (C=O) groups excluding carboxylic acids is 2. The van der Waals surface area contributed by atoms with Gasteiger partial charge in [0.1, 0.15) is 6.04 Å². The van der Waals surface area contributed by atoms with Gasteiger partial charge < -0.3 is 15.3 Å². The molecule has 2 unspecified atom stereocenters. The lowest BCUT2D eigenvalue weighted by Gasteiger charge is -2.24. The minimum absolute atomic E-state index is 0.0381. The van der Waals surface area contributed by atoms with E-state index in [2.05, 4.69) is 5.32 Å². The molecule has 0 saturated carbocycles. The lowest BCUT2D eigenvalue weighted by molar-refractivity contribution is -0.150. The van der Waals surface area contributed by atoms with Crippen molar-refractivity contribution in [2.75, 3.05) is 13.1 Å². The lowest BCUT2D eigenvalue weighted by Crippen LogP contribution is -2.49. The number of likely N-dealkylation sites (tertiary alicyclic amines) is 1. The highest BCUT2D eigenvalue weighted by Crippen LogP contribution is 2.26. The van der Waals surface area contributed by atoms with Gasteiger partial charge in [0.05, 0.1) is 13.0 Å². The van der Waals surface area contributed by atoms with Gasteiger partial charge in [0.15, 0.2) is 0 Å². The zero-order valence-electron chi connectivity index (χ0n) is 14.2. The normalized spacial score (nSPS) is 21.0. The summed E-state index contributed by atoms with van der Waals surface area (Å²) in [4.78, 5) is 37.0. The number of nitrogens with zero attached hydrogens (tertiary/aromatic N) is 1. The Balaban J connectivity index is 1.98. The van der Waals surface area contributed by atoms with Gasteiger partial charge in [-0.1, -0.05) is 43.7 Å². The number of aliphatic carboxylic acids is 1. The summed E-state index contributed by atoms with van der Waals surface area (Å²) in [5, 5.41) is 11.6. The molecule has 0 radical (unpaired) electrons. The first kappa shape index (κ1) is 18.9. The molecule has 2 rings (SSSR count). The minimum atomic E-state index is -2.40. The fourth-order valence-corrected chi connectivity index (χ4v) is 2.93. The number of rotatable bonds is 7. The predicted octanol–water partition coefficient (Wildman–Crippen LogP) is 1.54. The van der Waals surface area contributed by atoms with E-state index >= 15 is 0 Å². The topological polar surface area (TPSA) is 86.7 Å². The Labute approximate surface area is 146 Å². The van der Waals surface area contributed by atoms with Crippen LogP contribution >= 0.6 is 0 Å². The molecule has 0 spiro atoms. The standard InChI is InChI=1S/C18H23FN2O4/c1-2-6-14(20-15(22)11-13-7-4-3-5-8-13)16(23)21-10-9-18(19,12-21)17(24)25/h3-5,7-8,14H,2,6,9-12H2,1H3,(H,20,22)(H,24,25). The molecule has 25 heavy (non-hydrogen) atoms. The largest absolute Gasteiger partial charge is 0.479 e. The molecule has 1 aromatic rings. The van der Waals surface area contributed by atoms with Crippen LogP contribution in [0.15, 0.2) is 30.3 Å². The minimum Gasteiger partial charge on any atom is -0.479 e. The van der Waals surface area contributed by atoms with Crippen molar-refractivity contribution in [3.63, 3.8) is 0 Å². The zero-order valence-corrected chi connectivity index (χ0v) is 14.2. The van der Waals surface area contributed by atoms with E-state index in [-0.39, 0.29) is 25.3 Å². The van der Waals surface area contributed by atoms with Gasteiger partial charge in [-0.2, -0.15) is 0 Å². The first-order valence-corrected chi connectivity index (χ1v) is 8.40. The Kier molecular flexibility index (Phi) is 6.12. The lowest BCUT2D eigenvalue weighted by atomic mass is 10.1. The van der Waals surface area contributed by atoms with Crippen molar-refractivity contribution < 1.29 is 23.9 Å². The first-order chi connectivity index (χ1) is 11.9. The summed E-state index contributed by atoms with van der Waals surface area (Å²) in [5.74, 6) is -2.27. The molecule has 2 amide bonds. The van der Waals surface area contributed by atoms with E-state index in [4.69, 9.17) is 5.11 Å². The summed E-state index contributed by atoms with van der Waals surface area (Å²) >= 11 is 0. The maximum atomic E-state index is 14.2. The summed E-state index contributed by atoms with van der Waals surface area (Å²) in [5.41, 5.74) is -1.57. The highest BCUT2D eigenvalue weighted by Gasteiger charge is 2.47. The Morgan fingerprint density at radius 3 is 2.56 bits per heavy atom. The molecule has 1 heterocycles. The number of carboxylic acid groups (broad SMARTS) is 1. The molecule has 1 fully saturated rings. The van der Waals surface area contributed by atoms with Crippen LogP contribution < -0.4 is 5.32 Å². The monoisotopic (exact) mass is 350 g/mol. The van der Waals surface area contributed by atoms with E-state index in [0.717, 1.165) is 5.56 Å². The number of benzene rings is 1. The summed E-state index contributed by atoms with van der Waals surface area (Å²) in [6.07, 6.45) is 0.999. The molecular weight excluding hydrogens is 327 g/mol. The molecule has 6 nitrogen and oxygen atoms in total. The summed E-state index contributed by atoms with van der Waals surface area (Å²) in [6, 6.07) is 8.38. The van der Waals surface area contributed by atoms with Gasteiger partial charge in [-0.25, -0.2) is 9.18 Å². The number of halogens is 1. The maximum Gasteiger partial charge on any atom is 0.343 e. The molecule has 0 aliphatic carbocycles. The van der Waals surface area contributed by atoms with E-state index in [9.17, 15) is 18.8 Å². The third kappa shape index (κ3) is 4.78. The van der Waals surface area contributed by atoms with Crippen molar-refractivity contribution in [3.05, 3.63) is 35.9 Å². The summed E-state index contributed by atoms with van der Waals surface area (Å²) < 4.78 is 14.2. The number of alkyl halides is 1. The third-order valence-electron chi connectivity index (χ3n) is 4.33. The van der Waals surface area contributed by atoms with Gasteiger partial charge in [-0.15, -0.1) is 0 Å². The third-order valence-corrected chi connectivity index (χ3v) is 4.33. The van der Waals surface area contributed by atoms with E-state index in [1.54, 1.807) is 0 Å². The van der Waals surface area contributed by atoms with Crippen LogP contribution in [0.4, 0.5) is 4.39 Å². The average molecular weight is 350 g/mol. The van der Waals surface area contributed by atoms with Gasteiger partial charge in [0, 0.05) is 13.0 Å². The number of hydrogen-bond donors (Lipinski definition) is 2. The Morgan fingerprint density at radius 2 is 2.00 bits per heavy atom. The van der Waals surface area contributed by atoms with Gasteiger partial charge in [0.2, 0.25) is 17.5 Å². The number of nitrogens with one attached hydrogen (secondary N) is 1. The van der Waals surface area contributed by atoms with Crippen LogP contribution in [-0.4, -0.2) is 52.6 Å².